The number of anilines is 1. The van der Waals surface area contributed by atoms with Gasteiger partial charge in [-0.25, -0.2) is 22.0 Å². The zero-order chi connectivity index (χ0) is 19.6. The van der Waals surface area contributed by atoms with E-state index in [4.69, 9.17) is 20.6 Å². The van der Waals surface area contributed by atoms with Crippen LogP contribution in [0, 0.1) is 29.1 Å². The maximum Gasteiger partial charge on any atom is 0.356 e. The molecule has 1 unspecified atom stereocenters. The molecule has 0 saturated heterocycles. The molecule has 0 aliphatic carbocycles. The molecule has 0 aromatic heterocycles. The monoisotopic (exact) mass is 415 g/mol. The van der Waals surface area contributed by atoms with Crippen LogP contribution in [0.4, 0.5) is 27.6 Å². The second kappa shape index (κ2) is 7.92. The normalized spacial score (nSPS) is 12.9. The zero-order valence-corrected chi connectivity index (χ0v) is 15.0. The van der Waals surface area contributed by atoms with Crippen molar-refractivity contribution in [2.24, 2.45) is 0 Å². The van der Waals surface area contributed by atoms with Gasteiger partial charge in [-0.15, -0.1) is 0 Å². The van der Waals surface area contributed by atoms with Crippen LogP contribution in [0.25, 0.3) is 0 Å². The third-order valence-electron chi connectivity index (χ3n) is 3.50. The van der Waals surface area contributed by atoms with Crippen LogP contribution < -0.4 is 5.32 Å². The molecule has 0 bridgehead atoms. The molecule has 2 rings (SSSR count). The molecular formula is C15H12ClF5NO3P. The minimum atomic E-state index is -4.10. The summed E-state index contributed by atoms with van der Waals surface area (Å²) in [5.41, 5.74) is -1.25. The van der Waals surface area contributed by atoms with Crippen LogP contribution in [0.15, 0.2) is 24.3 Å². The molecular weight excluding hydrogens is 404 g/mol. The highest BCUT2D eigenvalue weighted by molar-refractivity contribution is 7.54. The number of hydrogen-bond acceptors (Lipinski definition) is 4. The highest BCUT2D eigenvalue weighted by Gasteiger charge is 2.38. The molecule has 0 aliphatic heterocycles. The van der Waals surface area contributed by atoms with Crippen LogP contribution in [0.2, 0.25) is 5.02 Å². The maximum atomic E-state index is 14.0. The summed E-state index contributed by atoms with van der Waals surface area (Å²) in [5.74, 6) is -12.4. The summed E-state index contributed by atoms with van der Waals surface area (Å²) < 4.78 is 90.3. The van der Waals surface area contributed by atoms with E-state index >= 15 is 0 Å². The van der Waals surface area contributed by atoms with E-state index in [1.54, 1.807) is 0 Å². The molecule has 142 valence electrons. The highest BCUT2D eigenvalue weighted by Crippen LogP contribution is 2.60. The van der Waals surface area contributed by atoms with E-state index in [1.807, 2.05) is 5.32 Å². The number of nitrogens with one attached hydrogen (secondary N) is 1. The summed E-state index contributed by atoms with van der Waals surface area (Å²) in [6.45, 7) is 0. The molecule has 1 N–H and O–H groups in total. The molecule has 26 heavy (non-hydrogen) atoms. The second-order valence-electron chi connectivity index (χ2n) is 4.95. The first-order valence-corrected chi connectivity index (χ1v) is 8.89. The third-order valence-corrected chi connectivity index (χ3v) is 5.83. The van der Waals surface area contributed by atoms with Crippen molar-refractivity contribution in [3.63, 3.8) is 0 Å². The lowest BCUT2D eigenvalue weighted by atomic mass is 10.2. The first kappa shape index (κ1) is 20.6. The Labute approximate surface area is 150 Å². The molecule has 4 nitrogen and oxygen atoms in total. The van der Waals surface area contributed by atoms with Crippen molar-refractivity contribution in [3.05, 3.63) is 63.9 Å². The van der Waals surface area contributed by atoms with Gasteiger partial charge >= 0.3 is 7.60 Å². The number of benzene rings is 2. The summed E-state index contributed by atoms with van der Waals surface area (Å²) >= 11 is 5.76. The van der Waals surface area contributed by atoms with E-state index in [9.17, 15) is 26.5 Å². The van der Waals surface area contributed by atoms with Gasteiger partial charge < -0.3 is 14.4 Å². The summed E-state index contributed by atoms with van der Waals surface area (Å²) in [6, 6.07) is 5.41. The van der Waals surface area contributed by atoms with Gasteiger partial charge in [-0.05, 0) is 17.7 Å². The van der Waals surface area contributed by atoms with E-state index in [-0.39, 0.29) is 5.56 Å². The van der Waals surface area contributed by atoms with Crippen LogP contribution in [0.1, 0.15) is 11.3 Å². The van der Waals surface area contributed by atoms with Crippen LogP contribution >= 0.6 is 19.2 Å². The molecule has 1 atom stereocenters. The van der Waals surface area contributed by atoms with Crippen molar-refractivity contribution in [3.8, 4) is 0 Å². The fraction of sp³-hybridized carbons (Fsp3) is 0.200. The number of halogens is 6. The summed E-state index contributed by atoms with van der Waals surface area (Å²) in [7, 11) is -2.09. The van der Waals surface area contributed by atoms with Gasteiger partial charge in [0.1, 0.15) is 5.69 Å². The topological polar surface area (TPSA) is 47.6 Å². The minimum absolute atomic E-state index is 0.116. The Balaban J connectivity index is 2.63. The Morgan fingerprint density at radius 1 is 0.885 bits per heavy atom. The predicted molar refractivity (Wildman–Crippen MR) is 85.7 cm³/mol. The number of rotatable bonds is 6. The van der Waals surface area contributed by atoms with Crippen LogP contribution in [0.3, 0.4) is 0 Å². The molecule has 0 radical (unpaired) electrons. The largest absolute Gasteiger partial charge is 0.363 e. The molecule has 0 amide bonds. The molecule has 0 saturated carbocycles. The minimum Gasteiger partial charge on any atom is -0.363 e. The van der Waals surface area contributed by atoms with Gasteiger partial charge in [0.25, 0.3) is 0 Å². The van der Waals surface area contributed by atoms with E-state index in [0.29, 0.717) is 5.02 Å². The fourth-order valence-electron chi connectivity index (χ4n) is 2.14. The van der Waals surface area contributed by atoms with Crippen molar-refractivity contribution >= 4 is 24.9 Å². The first-order valence-electron chi connectivity index (χ1n) is 6.91. The van der Waals surface area contributed by atoms with Gasteiger partial charge in [0.05, 0.1) is 0 Å². The lowest BCUT2D eigenvalue weighted by molar-refractivity contribution is 0.268. The zero-order valence-electron chi connectivity index (χ0n) is 13.3. The van der Waals surface area contributed by atoms with Crippen molar-refractivity contribution in [2.75, 3.05) is 19.5 Å². The second-order valence-corrected chi connectivity index (χ2v) is 7.71. The van der Waals surface area contributed by atoms with Gasteiger partial charge in [0, 0.05) is 19.2 Å². The molecule has 0 heterocycles. The Kier molecular flexibility index (Phi) is 6.29. The van der Waals surface area contributed by atoms with E-state index in [1.165, 1.54) is 24.3 Å². The average molecular weight is 416 g/mol. The molecule has 11 heteroatoms. The maximum absolute atomic E-state index is 14.0. The molecule has 2 aromatic rings. The highest BCUT2D eigenvalue weighted by atomic mass is 35.5. The molecule has 2 aromatic carbocycles. The molecule has 0 aliphatic rings. The molecule has 0 fully saturated rings. The lowest BCUT2D eigenvalue weighted by Gasteiger charge is -2.27. The summed E-state index contributed by atoms with van der Waals surface area (Å²) in [5, 5.41) is 2.35. The SMILES string of the molecule is COP(=O)(OC)C(Nc1c(F)c(F)c(F)c(F)c1F)c1ccc(Cl)cc1. The lowest BCUT2D eigenvalue weighted by Crippen LogP contribution is -2.17. The number of hydrogen-bond donors (Lipinski definition) is 1. The first-order chi connectivity index (χ1) is 12.2. The smallest absolute Gasteiger partial charge is 0.356 e. The summed E-state index contributed by atoms with van der Waals surface area (Å²) in [6.07, 6.45) is 0. The van der Waals surface area contributed by atoms with Gasteiger partial charge in [0.15, 0.2) is 29.1 Å². The van der Waals surface area contributed by atoms with Crippen molar-refractivity contribution in [2.45, 2.75) is 5.78 Å². The Hall–Kier alpha value is -1.67. The quantitative estimate of drug-likeness (QED) is 0.287. The standard InChI is InChI=1S/C15H12ClF5NO3P/c1-24-26(23,25-2)15(7-3-5-8(16)6-4-7)22-14-12(20)10(18)9(17)11(19)13(14)21/h3-6,15,22H,1-2H3. The van der Waals surface area contributed by atoms with Crippen LogP contribution in [-0.2, 0) is 13.6 Å². The molecule has 0 spiro atoms. The van der Waals surface area contributed by atoms with Gasteiger partial charge in [-0.3, -0.25) is 4.57 Å². The van der Waals surface area contributed by atoms with Crippen LogP contribution in [0.5, 0.6) is 0 Å². The van der Waals surface area contributed by atoms with Gasteiger partial charge in [-0.1, -0.05) is 23.7 Å². The third kappa shape index (κ3) is 3.71. The Bertz CT molecular complexity index is 828. The van der Waals surface area contributed by atoms with Crippen molar-refractivity contribution < 1.29 is 35.6 Å². The van der Waals surface area contributed by atoms with Gasteiger partial charge in [0.2, 0.25) is 5.82 Å². The fourth-order valence-corrected chi connectivity index (χ4v) is 3.66. The van der Waals surface area contributed by atoms with E-state index < -0.39 is 48.2 Å². The van der Waals surface area contributed by atoms with Crippen molar-refractivity contribution in [1.82, 2.24) is 0 Å². The predicted octanol–water partition coefficient (Wildman–Crippen LogP) is 5.63. The van der Waals surface area contributed by atoms with E-state index in [2.05, 4.69) is 0 Å². The Morgan fingerprint density at radius 3 is 1.73 bits per heavy atom. The Morgan fingerprint density at radius 2 is 1.31 bits per heavy atom. The average Bonchev–Trinajstić information content (AvgIpc) is 2.65. The van der Waals surface area contributed by atoms with Gasteiger partial charge in [-0.2, -0.15) is 0 Å². The van der Waals surface area contributed by atoms with E-state index in [0.717, 1.165) is 14.2 Å². The summed E-state index contributed by atoms with van der Waals surface area (Å²) in [4.78, 5) is 0. The van der Waals surface area contributed by atoms with Crippen molar-refractivity contribution in [1.29, 1.82) is 0 Å². The van der Waals surface area contributed by atoms with Crippen LogP contribution in [-0.4, -0.2) is 14.2 Å².